The van der Waals surface area contributed by atoms with Crippen molar-refractivity contribution in [1.82, 2.24) is 5.32 Å². The number of benzene rings is 1. The number of carbonyl (C=O) groups is 1. The lowest BCUT2D eigenvalue weighted by molar-refractivity contribution is 0.244. The number of amides is 2. The molecule has 3 rings (SSSR count). The van der Waals surface area contributed by atoms with Crippen LogP contribution in [0.1, 0.15) is 12.0 Å². The summed E-state index contributed by atoms with van der Waals surface area (Å²) in [7, 11) is -1.37. The van der Waals surface area contributed by atoms with Gasteiger partial charge in [0.2, 0.25) is 0 Å². The summed E-state index contributed by atoms with van der Waals surface area (Å²) < 4.78 is 28.0. The summed E-state index contributed by atoms with van der Waals surface area (Å²) in [5.41, 5.74) is 1.94. The fourth-order valence-corrected chi connectivity index (χ4v) is 4.55. The van der Waals surface area contributed by atoms with Crippen molar-refractivity contribution in [2.45, 2.75) is 18.9 Å². The second-order valence-corrected chi connectivity index (χ2v) is 7.67. The van der Waals surface area contributed by atoms with E-state index in [9.17, 15) is 13.2 Å². The first kappa shape index (κ1) is 14.2. The van der Waals surface area contributed by atoms with Crippen LogP contribution in [0.2, 0.25) is 0 Å². The fourth-order valence-electron chi connectivity index (χ4n) is 2.88. The molecule has 0 spiro atoms. The normalized spacial score (nSPS) is 22.9. The van der Waals surface area contributed by atoms with Gasteiger partial charge in [-0.25, -0.2) is 13.2 Å². The molecule has 6 nitrogen and oxygen atoms in total. The predicted octanol–water partition coefficient (Wildman–Crippen LogP) is 0.954. The molecule has 0 aliphatic carbocycles. The van der Waals surface area contributed by atoms with E-state index in [1.165, 1.54) is 0 Å². The minimum atomic E-state index is -2.98. The van der Waals surface area contributed by atoms with Gasteiger partial charge < -0.3 is 10.1 Å². The Morgan fingerprint density at radius 1 is 1.43 bits per heavy atom. The summed E-state index contributed by atoms with van der Waals surface area (Å²) in [4.78, 5) is 14.0. The first-order valence-electron chi connectivity index (χ1n) is 6.94. The van der Waals surface area contributed by atoms with E-state index in [0.717, 1.165) is 23.4 Å². The van der Waals surface area contributed by atoms with Gasteiger partial charge in [0.1, 0.15) is 5.75 Å². The Kier molecular flexibility index (Phi) is 3.52. The maximum Gasteiger partial charge on any atom is 0.322 e. The van der Waals surface area contributed by atoms with Crippen molar-refractivity contribution in [3.05, 3.63) is 23.8 Å². The van der Waals surface area contributed by atoms with Crippen molar-refractivity contribution >= 4 is 21.6 Å². The van der Waals surface area contributed by atoms with E-state index < -0.39 is 9.84 Å². The second-order valence-electron chi connectivity index (χ2n) is 5.45. The van der Waals surface area contributed by atoms with Crippen molar-refractivity contribution in [3.63, 3.8) is 0 Å². The number of sulfone groups is 1. The lowest BCUT2D eigenvalue weighted by Crippen LogP contribution is -2.44. The lowest BCUT2D eigenvalue weighted by Gasteiger charge is -2.20. The molecule has 1 unspecified atom stereocenters. The van der Waals surface area contributed by atoms with Gasteiger partial charge in [0.15, 0.2) is 9.84 Å². The van der Waals surface area contributed by atoms with E-state index in [1.807, 2.05) is 18.2 Å². The minimum Gasteiger partial charge on any atom is -0.497 e. The van der Waals surface area contributed by atoms with Crippen molar-refractivity contribution in [2.75, 3.05) is 30.1 Å². The molecule has 2 heterocycles. The zero-order chi connectivity index (χ0) is 15.0. The number of hydrogen-bond acceptors (Lipinski definition) is 4. The average molecular weight is 310 g/mol. The topological polar surface area (TPSA) is 75.7 Å². The number of urea groups is 1. The van der Waals surface area contributed by atoms with Crippen LogP contribution in [0.3, 0.4) is 0 Å². The van der Waals surface area contributed by atoms with Crippen LogP contribution in [-0.4, -0.2) is 45.7 Å². The van der Waals surface area contributed by atoms with Crippen molar-refractivity contribution in [1.29, 1.82) is 0 Å². The van der Waals surface area contributed by atoms with Gasteiger partial charge in [-0.3, -0.25) is 4.90 Å². The third kappa shape index (κ3) is 2.83. The Morgan fingerprint density at radius 2 is 2.24 bits per heavy atom. The molecule has 0 bridgehead atoms. The van der Waals surface area contributed by atoms with Gasteiger partial charge in [-0.05, 0) is 36.6 Å². The molecule has 1 atom stereocenters. The Balaban J connectivity index is 1.71. The maximum absolute atomic E-state index is 12.3. The van der Waals surface area contributed by atoms with Gasteiger partial charge >= 0.3 is 6.03 Å². The van der Waals surface area contributed by atoms with Gasteiger partial charge in [0, 0.05) is 18.3 Å². The minimum absolute atomic E-state index is 0.0437. The number of anilines is 1. The highest BCUT2D eigenvalue weighted by atomic mass is 32.2. The summed E-state index contributed by atoms with van der Waals surface area (Å²) in [5.74, 6) is 0.978. The molecule has 1 aromatic carbocycles. The smallest absolute Gasteiger partial charge is 0.322 e. The van der Waals surface area contributed by atoms with Gasteiger partial charge in [-0.1, -0.05) is 0 Å². The van der Waals surface area contributed by atoms with Crippen LogP contribution in [0.4, 0.5) is 10.5 Å². The van der Waals surface area contributed by atoms with E-state index in [0.29, 0.717) is 13.0 Å². The summed E-state index contributed by atoms with van der Waals surface area (Å²) in [6.07, 6.45) is 1.28. The highest BCUT2D eigenvalue weighted by Gasteiger charge is 2.32. The number of hydrogen-bond donors (Lipinski definition) is 1. The van der Waals surface area contributed by atoms with Gasteiger partial charge in [0.05, 0.1) is 18.6 Å². The Bertz CT molecular complexity index is 672. The largest absolute Gasteiger partial charge is 0.497 e. The number of rotatable bonds is 2. The molecule has 0 radical (unpaired) electrons. The second kappa shape index (κ2) is 5.22. The summed E-state index contributed by atoms with van der Waals surface area (Å²) in [6.45, 7) is 0.605. The summed E-state index contributed by atoms with van der Waals surface area (Å²) in [6, 6.07) is 5.13. The van der Waals surface area contributed by atoms with Crippen LogP contribution in [0.15, 0.2) is 18.2 Å². The molecule has 21 heavy (non-hydrogen) atoms. The number of nitrogens with one attached hydrogen (secondary N) is 1. The van der Waals surface area contributed by atoms with Crippen LogP contribution in [0.25, 0.3) is 0 Å². The number of ether oxygens (including phenoxy) is 1. The molecule has 0 aromatic heterocycles. The molecule has 1 N–H and O–H groups in total. The number of nitrogens with zero attached hydrogens (tertiary/aromatic N) is 1. The highest BCUT2D eigenvalue weighted by molar-refractivity contribution is 7.91. The molecule has 2 aliphatic heterocycles. The van der Waals surface area contributed by atoms with E-state index in [-0.39, 0.29) is 23.6 Å². The quantitative estimate of drug-likeness (QED) is 0.882. The lowest BCUT2D eigenvalue weighted by atomic mass is 10.1. The standard InChI is InChI=1S/C14H18N2O4S/c1-20-12-2-3-13-10(8-12)4-6-16(13)14(17)15-11-5-7-21(18,19)9-11/h2-3,8,11H,4-7,9H2,1H3,(H,15,17). The molecule has 1 aromatic rings. The van der Waals surface area contributed by atoms with Crippen molar-refractivity contribution < 1.29 is 17.9 Å². The number of methoxy groups -OCH3 is 1. The van der Waals surface area contributed by atoms with Gasteiger partial charge in [-0.2, -0.15) is 0 Å². The predicted molar refractivity (Wildman–Crippen MR) is 79.6 cm³/mol. The van der Waals surface area contributed by atoms with Crippen LogP contribution in [0.5, 0.6) is 5.75 Å². The van der Waals surface area contributed by atoms with Crippen LogP contribution in [-0.2, 0) is 16.3 Å². The molecule has 1 fully saturated rings. The molecular formula is C14H18N2O4S. The molecule has 2 amide bonds. The number of carbonyl (C=O) groups excluding carboxylic acids is 1. The monoisotopic (exact) mass is 310 g/mol. The van der Waals surface area contributed by atoms with Crippen LogP contribution < -0.4 is 15.0 Å². The summed E-state index contributed by atoms with van der Waals surface area (Å²) >= 11 is 0. The molecule has 2 aliphatic rings. The van der Waals surface area contributed by atoms with Crippen LogP contribution >= 0.6 is 0 Å². The first-order chi connectivity index (χ1) is 9.98. The number of fused-ring (bicyclic) bond motifs is 1. The molecule has 114 valence electrons. The third-order valence-electron chi connectivity index (χ3n) is 3.99. The van der Waals surface area contributed by atoms with E-state index in [4.69, 9.17) is 4.74 Å². The third-order valence-corrected chi connectivity index (χ3v) is 5.76. The van der Waals surface area contributed by atoms with Crippen LogP contribution in [0, 0.1) is 0 Å². The highest BCUT2D eigenvalue weighted by Crippen LogP contribution is 2.31. The van der Waals surface area contributed by atoms with Gasteiger partial charge in [0.25, 0.3) is 0 Å². The molecule has 1 saturated heterocycles. The maximum atomic E-state index is 12.3. The van der Waals surface area contributed by atoms with Gasteiger partial charge in [-0.15, -0.1) is 0 Å². The fraction of sp³-hybridized carbons (Fsp3) is 0.500. The van der Waals surface area contributed by atoms with E-state index in [2.05, 4.69) is 5.32 Å². The molecule has 7 heteroatoms. The summed E-state index contributed by atoms with van der Waals surface area (Å²) in [5, 5.41) is 2.82. The Labute approximate surface area is 124 Å². The van der Waals surface area contributed by atoms with Crippen molar-refractivity contribution in [2.24, 2.45) is 0 Å². The van der Waals surface area contributed by atoms with E-state index in [1.54, 1.807) is 12.0 Å². The zero-order valence-electron chi connectivity index (χ0n) is 11.8. The zero-order valence-corrected chi connectivity index (χ0v) is 12.6. The van der Waals surface area contributed by atoms with Crippen molar-refractivity contribution in [3.8, 4) is 5.75 Å². The Morgan fingerprint density at radius 3 is 2.90 bits per heavy atom. The molecule has 0 saturated carbocycles. The first-order valence-corrected chi connectivity index (χ1v) is 8.76. The molecular weight excluding hydrogens is 292 g/mol. The SMILES string of the molecule is COc1ccc2c(c1)CCN2C(=O)NC1CCS(=O)(=O)C1. The average Bonchev–Trinajstić information content (AvgIpc) is 3.01. The van der Waals surface area contributed by atoms with E-state index >= 15 is 0 Å². The Hall–Kier alpha value is -1.76.